The predicted octanol–water partition coefficient (Wildman–Crippen LogP) is 4.81. The fourth-order valence-corrected chi connectivity index (χ4v) is 4.02. The Morgan fingerprint density at radius 2 is 1.43 bits per heavy atom. The van der Waals surface area contributed by atoms with Gasteiger partial charge in [0.1, 0.15) is 0 Å². The van der Waals surface area contributed by atoms with Crippen LogP contribution in [0, 0.1) is 0 Å². The van der Waals surface area contributed by atoms with Gasteiger partial charge in [-0.3, -0.25) is 4.79 Å². The lowest BCUT2D eigenvalue weighted by Crippen LogP contribution is -2.40. The van der Waals surface area contributed by atoms with E-state index in [4.69, 9.17) is 4.74 Å². The summed E-state index contributed by atoms with van der Waals surface area (Å²) in [5, 5.41) is 11.4. The number of hydrogen-bond donors (Lipinski definition) is 1. The highest BCUT2D eigenvalue weighted by molar-refractivity contribution is 6.06. The molecule has 1 aliphatic heterocycles. The van der Waals surface area contributed by atoms with E-state index in [2.05, 4.69) is 0 Å². The van der Waals surface area contributed by atoms with Crippen LogP contribution in [0.25, 0.3) is 0 Å². The summed E-state index contributed by atoms with van der Waals surface area (Å²) in [7, 11) is 0. The molecular weight excluding hydrogens is 374 g/mol. The lowest BCUT2D eigenvalue weighted by atomic mass is 9.90. The van der Waals surface area contributed by atoms with Crippen LogP contribution >= 0.6 is 0 Å². The molecule has 0 fully saturated rings. The summed E-state index contributed by atoms with van der Waals surface area (Å²) in [5.74, 6) is -0.238. The molecule has 154 valence electrons. The summed E-state index contributed by atoms with van der Waals surface area (Å²) >= 11 is 0. The second-order valence-electron chi connectivity index (χ2n) is 7.75. The molecule has 1 atom stereocenters. The van der Waals surface area contributed by atoms with E-state index in [1.807, 2.05) is 84.9 Å². The van der Waals surface area contributed by atoms with Crippen LogP contribution < -0.4 is 4.90 Å². The Labute approximate surface area is 177 Å². The van der Waals surface area contributed by atoms with Gasteiger partial charge in [0.15, 0.2) is 5.60 Å². The molecule has 3 aromatic carbocycles. The Morgan fingerprint density at radius 1 is 0.800 bits per heavy atom. The molecule has 0 aromatic heterocycles. The van der Waals surface area contributed by atoms with E-state index in [0.29, 0.717) is 38.2 Å². The van der Waals surface area contributed by atoms with Crippen molar-refractivity contribution in [3.63, 3.8) is 0 Å². The topological polar surface area (TPSA) is 49.8 Å². The Balaban J connectivity index is 1.37. The van der Waals surface area contributed by atoms with Gasteiger partial charge in [0.25, 0.3) is 5.91 Å². The van der Waals surface area contributed by atoms with Crippen LogP contribution in [0.4, 0.5) is 5.69 Å². The standard InChI is InChI=1S/C26H27NO3/c28-25-26(29,17-9-10-18-30-20-22-13-5-2-6-14-22)23-15-7-8-16-24(23)27(25)19-21-11-3-1-4-12-21/h1-8,11-16,29H,9-10,17-20H2. The Hall–Kier alpha value is -2.95. The fourth-order valence-electron chi connectivity index (χ4n) is 4.02. The minimum atomic E-state index is -1.47. The van der Waals surface area contributed by atoms with E-state index >= 15 is 0 Å². The Kier molecular flexibility index (Phi) is 6.26. The molecule has 0 radical (unpaired) electrons. The molecule has 0 spiro atoms. The lowest BCUT2D eigenvalue weighted by Gasteiger charge is -2.23. The minimum Gasteiger partial charge on any atom is -0.377 e. The van der Waals surface area contributed by atoms with Crippen molar-refractivity contribution in [2.75, 3.05) is 11.5 Å². The van der Waals surface area contributed by atoms with E-state index in [0.717, 1.165) is 23.2 Å². The number of carbonyl (C=O) groups is 1. The monoisotopic (exact) mass is 401 g/mol. The molecule has 1 unspecified atom stereocenters. The maximum absolute atomic E-state index is 13.2. The highest BCUT2D eigenvalue weighted by Crippen LogP contribution is 2.43. The summed E-state index contributed by atoms with van der Waals surface area (Å²) in [5.41, 5.74) is 2.22. The van der Waals surface area contributed by atoms with Gasteiger partial charge in [-0.15, -0.1) is 0 Å². The number of fused-ring (bicyclic) bond motifs is 1. The van der Waals surface area contributed by atoms with Gasteiger partial charge in [-0.25, -0.2) is 0 Å². The molecule has 4 nitrogen and oxygen atoms in total. The summed E-state index contributed by atoms with van der Waals surface area (Å²) < 4.78 is 5.74. The second kappa shape index (κ2) is 9.24. The number of benzene rings is 3. The zero-order valence-electron chi connectivity index (χ0n) is 17.0. The third kappa shape index (κ3) is 4.30. The molecule has 1 amide bonds. The van der Waals surface area contributed by atoms with Gasteiger partial charge >= 0.3 is 0 Å². The average Bonchev–Trinajstić information content (AvgIpc) is 3.00. The third-order valence-corrected chi connectivity index (χ3v) is 5.61. The van der Waals surface area contributed by atoms with Gasteiger partial charge in [-0.2, -0.15) is 0 Å². The lowest BCUT2D eigenvalue weighted by molar-refractivity contribution is -0.137. The zero-order chi connectivity index (χ0) is 20.8. The van der Waals surface area contributed by atoms with E-state index in [1.54, 1.807) is 4.90 Å². The van der Waals surface area contributed by atoms with Gasteiger partial charge < -0.3 is 14.7 Å². The van der Waals surface area contributed by atoms with Crippen LogP contribution in [0.5, 0.6) is 0 Å². The molecule has 3 aromatic rings. The highest BCUT2D eigenvalue weighted by atomic mass is 16.5. The number of unbranched alkanes of at least 4 members (excludes halogenated alkanes) is 1. The summed E-state index contributed by atoms with van der Waals surface area (Å²) in [6.45, 7) is 1.64. The largest absolute Gasteiger partial charge is 0.377 e. The number of ether oxygens (including phenoxy) is 1. The number of hydrogen-bond acceptors (Lipinski definition) is 3. The molecule has 1 aliphatic rings. The Bertz CT molecular complexity index is 974. The third-order valence-electron chi connectivity index (χ3n) is 5.61. The molecule has 1 heterocycles. The first kappa shape index (κ1) is 20.3. The van der Waals surface area contributed by atoms with Gasteiger partial charge in [-0.1, -0.05) is 78.9 Å². The molecule has 1 N–H and O–H groups in total. The van der Waals surface area contributed by atoms with Crippen LogP contribution in [-0.2, 0) is 28.3 Å². The number of carbonyl (C=O) groups excluding carboxylic acids is 1. The number of para-hydroxylation sites is 1. The SMILES string of the molecule is O=C1N(Cc2ccccc2)c2ccccc2C1(O)CCCCOCc1ccccc1. The van der Waals surface area contributed by atoms with Crippen molar-refractivity contribution in [2.24, 2.45) is 0 Å². The normalized spacial score (nSPS) is 17.9. The van der Waals surface area contributed by atoms with E-state index in [9.17, 15) is 9.90 Å². The zero-order valence-corrected chi connectivity index (χ0v) is 17.0. The number of anilines is 1. The average molecular weight is 402 g/mol. The van der Waals surface area contributed by atoms with Crippen molar-refractivity contribution < 1.29 is 14.6 Å². The highest BCUT2D eigenvalue weighted by Gasteiger charge is 2.48. The van der Waals surface area contributed by atoms with Crippen molar-refractivity contribution in [2.45, 2.75) is 38.0 Å². The van der Waals surface area contributed by atoms with Crippen LogP contribution in [0.2, 0.25) is 0 Å². The van der Waals surface area contributed by atoms with E-state index in [1.165, 1.54) is 0 Å². The number of aliphatic hydroxyl groups is 1. The molecule has 4 heteroatoms. The van der Waals surface area contributed by atoms with Gasteiger partial charge in [0.2, 0.25) is 0 Å². The smallest absolute Gasteiger partial charge is 0.263 e. The molecular formula is C26H27NO3. The molecule has 4 rings (SSSR count). The molecule has 30 heavy (non-hydrogen) atoms. The van der Waals surface area contributed by atoms with E-state index in [-0.39, 0.29) is 5.91 Å². The number of rotatable bonds is 9. The summed E-state index contributed by atoms with van der Waals surface area (Å²) in [6, 6.07) is 27.5. The molecule has 0 saturated heterocycles. The van der Waals surface area contributed by atoms with Crippen molar-refractivity contribution in [3.8, 4) is 0 Å². The summed E-state index contributed by atoms with van der Waals surface area (Å²) in [4.78, 5) is 14.9. The van der Waals surface area contributed by atoms with Crippen LogP contribution in [0.1, 0.15) is 36.0 Å². The minimum absolute atomic E-state index is 0.238. The van der Waals surface area contributed by atoms with Gasteiger partial charge in [-0.05, 0) is 36.5 Å². The quantitative estimate of drug-likeness (QED) is 0.524. The van der Waals surface area contributed by atoms with Crippen molar-refractivity contribution in [1.82, 2.24) is 0 Å². The number of nitrogens with zero attached hydrogens (tertiary/aromatic N) is 1. The molecule has 0 saturated carbocycles. The molecule has 0 bridgehead atoms. The maximum Gasteiger partial charge on any atom is 0.263 e. The summed E-state index contributed by atoms with van der Waals surface area (Å²) in [6.07, 6.45) is 1.90. The van der Waals surface area contributed by atoms with Gasteiger partial charge in [0, 0.05) is 12.2 Å². The van der Waals surface area contributed by atoms with Crippen molar-refractivity contribution >= 4 is 11.6 Å². The number of amides is 1. The molecule has 0 aliphatic carbocycles. The first-order valence-electron chi connectivity index (χ1n) is 10.5. The first-order chi connectivity index (χ1) is 14.7. The van der Waals surface area contributed by atoms with Crippen LogP contribution in [0.3, 0.4) is 0 Å². The first-order valence-corrected chi connectivity index (χ1v) is 10.5. The van der Waals surface area contributed by atoms with Crippen LogP contribution in [-0.4, -0.2) is 17.6 Å². The van der Waals surface area contributed by atoms with Crippen LogP contribution in [0.15, 0.2) is 84.9 Å². The second-order valence-corrected chi connectivity index (χ2v) is 7.75. The van der Waals surface area contributed by atoms with Crippen molar-refractivity contribution in [3.05, 3.63) is 102 Å². The maximum atomic E-state index is 13.2. The van der Waals surface area contributed by atoms with E-state index < -0.39 is 5.60 Å². The fraction of sp³-hybridized carbons (Fsp3) is 0.269. The predicted molar refractivity (Wildman–Crippen MR) is 118 cm³/mol. The Morgan fingerprint density at radius 3 is 2.17 bits per heavy atom. The van der Waals surface area contributed by atoms with Gasteiger partial charge in [0.05, 0.1) is 18.8 Å². The van der Waals surface area contributed by atoms with Crippen molar-refractivity contribution in [1.29, 1.82) is 0 Å².